The second kappa shape index (κ2) is 4.85. The summed E-state index contributed by atoms with van der Waals surface area (Å²) in [5, 5.41) is 0.533. The fraction of sp³-hybridized carbons (Fsp3) is 0.556. The SMILES string of the molecule is CCCn1c(S(C)=O)c(C)c(=O)[nH]c1=S. The number of H-pyrrole nitrogens is 1. The van der Waals surface area contributed by atoms with Crippen molar-refractivity contribution in [3.05, 3.63) is 20.7 Å². The largest absolute Gasteiger partial charge is 0.311 e. The fourth-order valence-corrected chi connectivity index (χ4v) is 2.80. The molecule has 1 N–H and O–H groups in total. The van der Waals surface area contributed by atoms with Crippen molar-refractivity contribution in [2.75, 3.05) is 6.26 Å². The average Bonchev–Trinajstić information content (AvgIpc) is 2.14. The van der Waals surface area contributed by atoms with Crippen LogP contribution >= 0.6 is 12.2 Å². The third kappa shape index (κ3) is 2.43. The van der Waals surface area contributed by atoms with Gasteiger partial charge in [-0.2, -0.15) is 0 Å². The van der Waals surface area contributed by atoms with Gasteiger partial charge in [-0.05, 0) is 25.6 Å². The molecule has 0 fully saturated rings. The van der Waals surface area contributed by atoms with Gasteiger partial charge >= 0.3 is 0 Å². The molecule has 0 aliphatic rings. The van der Waals surface area contributed by atoms with Crippen molar-refractivity contribution in [3.63, 3.8) is 0 Å². The highest BCUT2D eigenvalue weighted by Crippen LogP contribution is 2.09. The Morgan fingerprint density at radius 1 is 1.53 bits per heavy atom. The fourth-order valence-electron chi connectivity index (χ4n) is 1.45. The van der Waals surface area contributed by atoms with Crippen LogP contribution in [0.15, 0.2) is 9.82 Å². The van der Waals surface area contributed by atoms with E-state index in [9.17, 15) is 9.00 Å². The quantitative estimate of drug-likeness (QED) is 0.647. The Kier molecular flexibility index (Phi) is 3.98. The maximum absolute atomic E-state index is 11.6. The Morgan fingerprint density at radius 3 is 2.60 bits per heavy atom. The average molecular weight is 246 g/mol. The Labute approximate surface area is 95.8 Å². The van der Waals surface area contributed by atoms with Crippen LogP contribution in [-0.4, -0.2) is 20.0 Å². The first-order valence-electron chi connectivity index (χ1n) is 4.66. The van der Waals surface area contributed by atoms with Gasteiger partial charge in [0.2, 0.25) is 0 Å². The van der Waals surface area contributed by atoms with Crippen molar-refractivity contribution in [1.29, 1.82) is 0 Å². The Balaban J connectivity index is 3.62. The highest BCUT2D eigenvalue weighted by molar-refractivity contribution is 7.84. The molecular formula is C9H14N2O2S2. The lowest BCUT2D eigenvalue weighted by atomic mass is 10.3. The van der Waals surface area contributed by atoms with E-state index >= 15 is 0 Å². The lowest BCUT2D eigenvalue weighted by Crippen LogP contribution is -2.21. The lowest BCUT2D eigenvalue weighted by Gasteiger charge is -2.12. The van der Waals surface area contributed by atoms with Crippen LogP contribution in [0.4, 0.5) is 0 Å². The van der Waals surface area contributed by atoms with E-state index in [0.717, 1.165) is 6.42 Å². The molecule has 84 valence electrons. The van der Waals surface area contributed by atoms with Crippen molar-refractivity contribution in [2.24, 2.45) is 0 Å². The third-order valence-corrected chi connectivity index (χ3v) is 3.49. The van der Waals surface area contributed by atoms with Crippen molar-refractivity contribution in [3.8, 4) is 0 Å². The van der Waals surface area contributed by atoms with E-state index < -0.39 is 10.8 Å². The Bertz CT molecular complexity index is 502. The number of nitrogens with one attached hydrogen (secondary N) is 1. The van der Waals surface area contributed by atoms with Crippen LogP contribution in [-0.2, 0) is 17.3 Å². The molecule has 1 aromatic rings. The summed E-state index contributed by atoms with van der Waals surface area (Å²) in [5.41, 5.74) is 0.232. The lowest BCUT2D eigenvalue weighted by molar-refractivity contribution is 0.578. The van der Waals surface area contributed by atoms with E-state index in [1.807, 2.05) is 6.92 Å². The zero-order valence-corrected chi connectivity index (χ0v) is 10.6. The predicted molar refractivity (Wildman–Crippen MR) is 63.2 cm³/mol. The van der Waals surface area contributed by atoms with Crippen molar-refractivity contribution in [2.45, 2.75) is 31.8 Å². The van der Waals surface area contributed by atoms with Crippen molar-refractivity contribution >= 4 is 23.0 Å². The number of hydrogen-bond acceptors (Lipinski definition) is 3. The molecule has 0 saturated heterocycles. The van der Waals surface area contributed by atoms with E-state index in [2.05, 4.69) is 4.98 Å². The second-order valence-electron chi connectivity index (χ2n) is 3.30. The summed E-state index contributed by atoms with van der Waals surface area (Å²) >= 11 is 5.04. The number of aromatic amines is 1. The molecule has 15 heavy (non-hydrogen) atoms. The summed E-state index contributed by atoms with van der Waals surface area (Å²) in [5.74, 6) is 0. The minimum absolute atomic E-state index is 0.252. The molecule has 1 heterocycles. The molecule has 0 aromatic carbocycles. The van der Waals surface area contributed by atoms with Crippen LogP contribution in [0.3, 0.4) is 0 Å². The van der Waals surface area contributed by atoms with E-state index in [1.165, 1.54) is 0 Å². The van der Waals surface area contributed by atoms with Crippen LogP contribution < -0.4 is 5.56 Å². The van der Waals surface area contributed by atoms with Gasteiger partial charge in [0, 0.05) is 18.4 Å². The maximum atomic E-state index is 11.6. The maximum Gasteiger partial charge on any atom is 0.255 e. The van der Waals surface area contributed by atoms with Crippen LogP contribution in [0.1, 0.15) is 18.9 Å². The molecule has 6 heteroatoms. The van der Waals surface area contributed by atoms with Crippen molar-refractivity contribution in [1.82, 2.24) is 9.55 Å². The van der Waals surface area contributed by atoms with E-state index in [0.29, 0.717) is 21.9 Å². The number of aromatic nitrogens is 2. The summed E-state index contributed by atoms with van der Waals surface area (Å²) < 4.78 is 13.6. The van der Waals surface area contributed by atoms with Gasteiger partial charge in [0.15, 0.2) is 4.77 Å². The van der Waals surface area contributed by atoms with Gasteiger partial charge in [0.1, 0.15) is 5.03 Å². The van der Waals surface area contributed by atoms with Crippen LogP contribution in [0.2, 0.25) is 0 Å². The number of nitrogens with zero attached hydrogens (tertiary/aromatic N) is 1. The highest BCUT2D eigenvalue weighted by Gasteiger charge is 2.12. The molecule has 0 bridgehead atoms. The van der Waals surface area contributed by atoms with Gasteiger partial charge < -0.3 is 4.57 Å². The minimum atomic E-state index is -1.20. The zero-order chi connectivity index (χ0) is 11.6. The zero-order valence-electron chi connectivity index (χ0n) is 8.99. The molecule has 0 saturated carbocycles. The molecule has 0 amide bonds. The molecular weight excluding hydrogens is 232 g/mol. The molecule has 0 aliphatic heterocycles. The normalized spacial score (nSPS) is 12.7. The monoisotopic (exact) mass is 246 g/mol. The van der Waals surface area contributed by atoms with Crippen LogP contribution in [0.25, 0.3) is 0 Å². The number of hydrogen-bond donors (Lipinski definition) is 1. The summed E-state index contributed by atoms with van der Waals surface area (Å²) in [6, 6.07) is 0. The molecule has 1 rings (SSSR count). The minimum Gasteiger partial charge on any atom is -0.311 e. The standard InChI is InChI=1S/C9H14N2O2S2/c1-4-5-11-8(15(3)13)6(2)7(12)10-9(11)14/h4-5H2,1-3H3,(H,10,12,14). The van der Waals surface area contributed by atoms with Gasteiger partial charge in [0.25, 0.3) is 5.56 Å². The second-order valence-corrected chi connectivity index (χ2v) is 4.98. The van der Waals surface area contributed by atoms with Gasteiger partial charge in [0.05, 0.1) is 10.8 Å². The Morgan fingerprint density at radius 2 is 2.13 bits per heavy atom. The van der Waals surface area contributed by atoms with Gasteiger partial charge in [-0.1, -0.05) is 6.92 Å². The summed E-state index contributed by atoms with van der Waals surface area (Å²) in [7, 11) is -1.20. The summed E-state index contributed by atoms with van der Waals surface area (Å²) in [6.07, 6.45) is 2.44. The smallest absolute Gasteiger partial charge is 0.255 e. The molecule has 1 aromatic heterocycles. The van der Waals surface area contributed by atoms with Gasteiger partial charge in [-0.25, -0.2) is 0 Å². The molecule has 1 atom stereocenters. The van der Waals surface area contributed by atoms with E-state index in [-0.39, 0.29) is 5.56 Å². The first-order chi connectivity index (χ1) is 6.99. The number of rotatable bonds is 3. The molecule has 0 spiro atoms. The first-order valence-corrected chi connectivity index (χ1v) is 6.62. The van der Waals surface area contributed by atoms with Crippen LogP contribution in [0, 0.1) is 11.7 Å². The van der Waals surface area contributed by atoms with Gasteiger partial charge in [-0.15, -0.1) is 0 Å². The summed E-state index contributed by atoms with van der Waals surface area (Å²) in [6.45, 7) is 4.34. The summed E-state index contributed by atoms with van der Waals surface area (Å²) in [4.78, 5) is 14.0. The molecule has 0 aliphatic carbocycles. The van der Waals surface area contributed by atoms with Crippen LogP contribution in [0.5, 0.6) is 0 Å². The third-order valence-electron chi connectivity index (χ3n) is 2.09. The van der Waals surface area contributed by atoms with E-state index in [4.69, 9.17) is 12.2 Å². The molecule has 1 unspecified atom stereocenters. The Hall–Kier alpha value is -0.750. The van der Waals surface area contributed by atoms with Crippen molar-refractivity contribution < 1.29 is 4.21 Å². The van der Waals surface area contributed by atoms with Gasteiger partial charge in [-0.3, -0.25) is 14.0 Å². The first kappa shape index (κ1) is 12.3. The topological polar surface area (TPSA) is 54.9 Å². The molecule has 4 nitrogen and oxygen atoms in total. The predicted octanol–water partition coefficient (Wildman–Crippen LogP) is 1.36. The highest BCUT2D eigenvalue weighted by atomic mass is 32.2. The molecule has 0 radical (unpaired) electrons. The van der Waals surface area contributed by atoms with E-state index in [1.54, 1.807) is 17.7 Å².